The molecule has 0 aliphatic rings. The molecule has 0 aliphatic heterocycles. The number of rotatable bonds is 4. The molecule has 1 N–H and O–H groups in total. The summed E-state index contributed by atoms with van der Waals surface area (Å²) in [5, 5.41) is 3.23. The minimum absolute atomic E-state index is 0.120. The second-order valence-corrected chi connectivity index (χ2v) is 3.03. The number of hydrogen-bond donors (Lipinski definition) is 1. The van der Waals surface area contributed by atoms with E-state index >= 15 is 0 Å². The van der Waals surface area contributed by atoms with Crippen LogP contribution in [-0.4, -0.2) is 12.3 Å². The highest BCUT2D eigenvalue weighted by atomic mass is 16.1. The molecule has 0 heterocycles. The zero-order valence-electron chi connectivity index (χ0n) is 8.13. The van der Waals surface area contributed by atoms with Crippen LogP contribution in [0.3, 0.4) is 0 Å². The molecule has 0 unspecified atom stereocenters. The van der Waals surface area contributed by atoms with Crippen LogP contribution in [-0.2, 0) is 6.54 Å². The fraction of sp³-hybridized carbons (Fsp3) is 0.364. The van der Waals surface area contributed by atoms with E-state index in [-0.39, 0.29) is 5.78 Å². The molecular formula is C11H15NO. The van der Waals surface area contributed by atoms with E-state index in [1.807, 2.05) is 24.3 Å². The number of nitrogens with one attached hydrogen (secondary N) is 1. The third-order valence-corrected chi connectivity index (χ3v) is 1.94. The third kappa shape index (κ3) is 2.99. The molecule has 2 heteroatoms. The van der Waals surface area contributed by atoms with Gasteiger partial charge in [-0.2, -0.15) is 0 Å². The summed E-state index contributed by atoms with van der Waals surface area (Å²) in [6.45, 7) is 5.49. The summed E-state index contributed by atoms with van der Waals surface area (Å²) >= 11 is 0. The van der Waals surface area contributed by atoms with Crippen LogP contribution in [0.2, 0.25) is 0 Å². The summed E-state index contributed by atoms with van der Waals surface area (Å²) in [4.78, 5) is 11.0. The lowest BCUT2D eigenvalue weighted by Gasteiger charge is -2.02. The van der Waals surface area contributed by atoms with Crippen molar-refractivity contribution in [2.24, 2.45) is 0 Å². The number of ketones is 1. The topological polar surface area (TPSA) is 29.1 Å². The van der Waals surface area contributed by atoms with E-state index in [0.717, 1.165) is 18.7 Å². The van der Waals surface area contributed by atoms with Gasteiger partial charge in [0.15, 0.2) is 5.78 Å². The average Bonchev–Trinajstić information content (AvgIpc) is 2.15. The quantitative estimate of drug-likeness (QED) is 0.713. The van der Waals surface area contributed by atoms with E-state index in [9.17, 15) is 4.79 Å². The second-order valence-electron chi connectivity index (χ2n) is 3.03. The summed E-state index contributed by atoms with van der Waals surface area (Å²) in [6, 6.07) is 7.71. The van der Waals surface area contributed by atoms with Gasteiger partial charge in [-0.05, 0) is 19.0 Å². The van der Waals surface area contributed by atoms with Crippen molar-refractivity contribution in [3.05, 3.63) is 35.4 Å². The van der Waals surface area contributed by atoms with E-state index in [0.29, 0.717) is 0 Å². The standard InChI is InChI=1S/C11H15NO/c1-3-12-8-10-4-6-11(7-5-10)9(2)13/h4-7,12H,3,8H2,1-2H3. The van der Waals surface area contributed by atoms with Gasteiger partial charge in [0, 0.05) is 12.1 Å². The Balaban J connectivity index is 2.64. The summed E-state index contributed by atoms with van der Waals surface area (Å²) in [5.74, 6) is 0.120. The van der Waals surface area contributed by atoms with Crippen molar-refractivity contribution < 1.29 is 4.79 Å². The maximum absolute atomic E-state index is 11.0. The number of hydrogen-bond acceptors (Lipinski definition) is 2. The zero-order chi connectivity index (χ0) is 9.68. The molecule has 0 aromatic heterocycles. The van der Waals surface area contributed by atoms with Gasteiger partial charge in [0.2, 0.25) is 0 Å². The summed E-state index contributed by atoms with van der Waals surface area (Å²) in [7, 11) is 0. The monoisotopic (exact) mass is 177 g/mol. The van der Waals surface area contributed by atoms with E-state index < -0.39 is 0 Å². The van der Waals surface area contributed by atoms with Crippen LogP contribution in [0.25, 0.3) is 0 Å². The van der Waals surface area contributed by atoms with Gasteiger partial charge in [-0.15, -0.1) is 0 Å². The second kappa shape index (κ2) is 4.77. The van der Waals surface area contributed by atoms with Crippen molar-refractivity contribution in [3.63, 3.8) is 0 Å². The Morgan fingerprint density at radius 3 is 2.38 bits per heavy atom. The molecule has 0 radical (unpaired) electrons. The molecule has 13 heavy (non-hydrogen) atoms. The fourth-order valence-corrected chi connectivity index (χ4v) is 1.13. The fourth-order valence-electron chi connectivity index (χ4n) is 1.13. The number of benzene rings is 1. The number of carbonyl (C=O) groups is 1. The molecule has 0 amide bonds. The van der Waals surface area contributed by atoms with Crippen LogP contribution in [0.1, 0.15) is 29.8 Å². The molecule has 0 aliphatic carbocycles. The van der Waals surface area contributed by atoms with Gasteiger partial charge in [0.1, 0.15) is 0 Å². The van der Waals surface area contributed by atoms with Crippen molar-refractivity contribution in [2.75, 3.05) is 6.54 Å². The minimum atomic E-state index is 0.120. The molecule has 0 saturated carbocycles. The highest BCUT2D eigenvalue weighted by Crippen LogP contribution is 2.04. The molecule has 0 bridgehead atoms. The van der Waals surface area contributed by atoms with E-state index in [4.69, 9.17) is 0 Å². The lowest BCUT2D eigenvalue weighted by Crippen LogP contribution is -2.11. The predicted octanol–water partition coefficient (Wildman–Crippen LogP) is 2.00. The van der Waals surface area contributed by atoms with Crippen molar-refractivity contribution >= 4 is 5.78 Å². The molecule has 1 aromatic carbocycles. The molecule has 2 nitrogen and oxygen atoms in total. The SMILES string of the molecule is CCNCc1ccc(C(C)=O)cc1. The van der Waals surface area contributed by atoms with Gasteiger partial charge < -0.3 is 5.32 Å². The molecule has 0 saturated heterocycles. The van der Waals surface area contributed by atoms with Gasteiger partial charge in [-0.25, -0.2) is 0 Å². The van der Waals surface area contributed by atoms with Crippen molar-refractivity contribution in [1.29, 1.82) is 0 Å². The van der Waals surface area contributed by atoms with Crippen LogP contribution in [0.5, 0.6) is 0 Å². The summed E-state index contributed by atoms with van der Waals surface area (Å²) in [6.07, 6.45) is 0. The van der Waals surface area contributed by atoms with E-state index in [1.165, 1.54) is 5.56 Å². The molecule has 0 spiro atoms. The first-order valence-electron chi connectivity index (χ1n) is 4.54. The van der Waals surface area contributed by atoms with Gasteiger partial charge in [0.25, 0.3) is 0 Å². The van der Waals surface area contributed by atoms with Crippen LogP contribution in [0.15, 0.2) is 24.3 Å². The van der Waals surface area contributed by atoms with Gasteiger partial charge >= 0.3 is 0 Å². The molecule has 0 fully saturated rings. The Morgan fingerprint density at radius 2 is 1.92 bits per heavy atom. The third-order valence-electron chi connectivity index (χ3n) is 1.94. The Labute approximate surface area is 79.0 Å². The van der Waals surface area contributed by atoms with Crippen LogP contribution >= 0.6 is 0 Å². The van der Waals surface area contributed by atoms with Crippen molar-refractivity contribution in [2.45, 2.75) is 20.4 Å². The van der Waals surface area contributed by atoms with Gasteiger partial charge in [-0.3, -0.25) is 4.79 Å². The first kappa shape index (κ1) is 9.93. The molecule has 1 aromatic rings. The van der Waals surface area contributed by atoms with Crippen LogP contribution in [0, 0.1) is 0 Å². The smallest absolute Gasteiger partial charge is 0.159 e. The van der Waals surface area contributed by atoms with Crippen LogP contribution in [0.4, 0.5) is 0 Å². The Kier molecular flexibility index (Phi) is 3.65. The minimum Gasteiger partial charge on any atom is -0.313 e. The molecule has 0 atom stereocenters. The van der Waals surface area contributed by atoms with E-state index in [1.54, 1.807) is 6.92 Å². The Bertz CT molecular complexity index is 277. The summed E-state index contributed by atoms with van der Waals surface area (Å²) < 4.78 is 0. The van der Waals surface area contributed by atoms with Crippen molar-refractivity contribution in [3.8, 4) is 0 Å². The lowest BCUT2D eigenvalue weighted by molar-refractivity contribution is 0.101. The van der Waals surface area contributed by atoms with Gasteiger partial charge in [-0.1, -0.05) is 31.2 Å². The van der Waals surface area contributed by atoms with Gasteiger partial charge in [0.05, 0.1) is 0 Å². The average molecular weight is 177 g/mol. The van der Waals surface area contributed by atoms with E-state index in [2.05, 4.69) is 12.2 Å². The Hall–Kier alpha value is -1.15. The summed E-state index contributed by atoms with van der Waals surface area (Å²) in [5.41, 5.74) is 1.99. The maximum Gasteiger partial charge on any atom is 0.159 e. The molecule has 1 rings (SSSR count). The first-order chi connectivity index (χ1) is 6.24. The largest absolute Gasteiger partial charge is 0.313 e. The maximum atomic E-state index is 11.0. The van der Waals surface area contributed by atoms with Crippen molar-refractivity contribution in [1.82, 2.24) is 5.32 Å². The first-order valence-corrected chi connectivity index (χ1v) is 4.54. The lowest BCUT2D eigenvalue weighted by atomic mass is 10.1. The molecular weight excluding hydrogens is 162 g/mol. The normalized spacial score (nSPS) is 10.0. The number of carbonyl (C=O) groups excluding carboxylic acids is 1. The zero-order valence-corrected chi connectivity index (χ0v) is 8.13. The molecule has 70 valence electrons. The predicted molar refractivity (Wildman–Crippen MR) is 53.8 cm³/mol. The number of Topliss-reactive ketones (excluding diaryl/α,β-unsaturated/α-hetero) is 1. The highest BCUT2D eigenvalue weighted by molar-refractivity contribution is 5.93. The Morgan fingerprint density at radius 1 is 1.31 bits per heavy atom. The highest BCUT2D eigenvalue weighted by Gasteiger charge is 1.97. The van der Waals surface area contributed by atoms with Crippen LogP contribution < -0.4 is 5.32 Å².